The molecule has 9 heteroatoms. The Morgan fingerprint density at radius 3 is 2.61 bits per heavy atom. The van der Waals surface area contributed by atoms with Gasteiger partial charge in [0.15, 0.2) is 5.13 Å². The fraction of sp³-hybridized carbons (Fsp3) is 0.0909. The molecule has 1 N–H and O–H groups in total. The number of hydrogen-bond donors (Lipinski definition) is 1. The Morgan fingerprint density at radius 2 is 1.87 bits per heavy atom. The number of nitrogens with zero attached hydrogens (tertiary/aromatic N) is 3. The quantitative estimate of drug-likeness (QED) is 0.509. The summed E-state index contributed by atoms with van der Waals surface area (Å²) in [6, 6.07) is 12.8. The lowest BCUT2D eigenvalue weighted by Crippen LogP contribution is -2.24. The summed E-state index contributed by atoms with van der Waals surface area (Å²) in [7, 11) is 0. The first-order chi connectivity index (χ1) is 14.9. The van der Waals surface area contributed by atoms with Gasteiger partial charge in [0.25, 0.3) is 11.5 Å². The van der Waals surface area contributed by atoms with Gasteiger partial charge in [-0.15, -0.1) is 11.3 Å². The minimum atomic E-state index is -0.543. The lowest BCUT2D eigenvalue weighted by Gasteiger charge is -2.06. The summed E-state index contributed by atoms with van der Waals surface area (Å²) in [5.41, 5.74) is 1.27. The number of carbonyl (C=O) groups is 1. The zero-order valence-electron chi connectivity index (χ0n) is 16.3. The van der Waals surface area contributed by atoms with Crippen molar-refractivity contribution >= 4 is 22.4 Å². The normalized spacial score (nSPS) is 10.8. The Labute approximate surface area is 179 Å². The van der Waals surface area contributed by atoms with Crippen LogP contribution in [0.2, 0.25) is 0 Å². The lowest BCUT2D eigenvalue weighted by molar-refractivity contribution is 0.102. The van der Waals surface area contributed by atoms with Gasteiger partial charge in [0.1, 0.15) is 17.3 Å². The number of amides is 1. The van der Waals surface area contributed by atoms with Gasteiger partial charge in [-0.05, 0) is 54.4 Å². The van der Waals surface area contributed by atoms with Crippen LogP contribution in [-0.2, 0) is 6.42 Å². The first-order valence-electron chi connectivity index (χ1n) is 9.26. The minimum absolute atomic E-state index is 0.00119. The van der Waals surface area contributed by atoms with Gasteiger partial charge >= 0.3 is 0 Å². The van der Waals surface area contributed by atoms with Crippen molar-refractivity contribution in [1.82, 2.24) is 14.8 Å². The molecule has 4 aromatic rings. The van der Waals surface area contributed by atoms with E-state index in [0.717, 1.165) is 15.1 Å². The Kier molecular flexibility index (Phi) is 5.68. The van der Waals surface area contributed by atoms with Crippen LogP contribution in [0.25, 0.3) is 5.69 Å². The largest absolute Gasteiger partial charge is 0.296 e. The van der Waals surface area contributed by atoms with Gasteiger partial charge in [-0.3, -0.25) is 14.9 Å². The van der Waals surface area contributed by atoms with E-state index in [0.29, 0.717) is 22.8 Å². The number of aryl methyl sites for hydroxylation is 1. The van der Waals surface area contributed by atoms with Gasteiger partial charge in [0.05, 0.1) is 5.69 Å². The summed E-state index contributed by atoms with van der Waals surface area (Å²) in [6.07, 6.45) is 2.10. The second-order valence-corrected chi connectivity index (χ2v) is 7.91. The molecule has 156 valence electrons. The van der Waals surface area contributed by atoms with E-state index >= 15 is 0 Å². The summed E-state index contributed by atoms with van der Waals surface area (Å²) < 4.78 is 27.9. The van der Waals surface area contributed by atoms with E-state index < -0.39 is 17.3 Å². The molecule has 0 fully saturated rings. The molecular formula is C22H16F2N4O2S. The van der Waals surface area contributed by atoms with Crippen LogP contribution in [0, 0.1) is 18.6 Å². The molecule has 0 spiro atoms. The zero-order chi connectivity index (χ0) is 22.0. The van der Waals surface area contributed by atoms with Crippen molar-refractivity contribution in [1.29, 1.82) is 0 Å². The molecule has 0 saturated carbocycles. The third-order valence-electron chi connectivity index (χ3n) is 4.49. The lowest BCUT2D eigenvalue weighted by atomic mass is 10.1. The molecule has 0 unspecified atom stereocenters. The summed E-state index contributed by atoms with van der Waals surface area (Å²) in [6.45, 7) is 1.70. The predicted octanol–water partition coefficient (Wildman–Crippen LogP) is 4.12. The Bertz CT molecular complexity index is 1320. The minimum Gasteiger partial charge on any atom is -0.296 e. The number of hydrogen-bond acceptors (Lipinski definition) is 5. The van der Waals surface area contributed by atoms with Crippen molar-refractivity contribution in [3.05, 3.63) is 104 Å². The maximum atomic E-state index is 13.7. The Morgan fingerprint density at radius 1 is 1.10 bits per heavy atom. The van der Waals surface area contributed by atoms with Gasteiger partial charge in [0, 0.05) is 23.6 Å². The third kappa shape index (κ3) is 4.72. The molecule has 1 amide bonds. The van der Waals surface area contributed by atoms with Crippen LogP contribution in [-0.4, -0.2) is 20.7 Å². The highest BCUT2D eigenvalue weighted by molar-refractivity contribution is 7.15. The Balaban J connectivity index is 1.50. The number of nitrogens with one attached hydrogen (secondary N) is 1. The molecule has 2 aromatic carbocycles. The fourth-order valence-corrected chi connectivity index (χ4v) is 3.70. The second-order valence-electron chi connectivity index (χ2n) is 6.79. The summed E-state index contributed by atoms with van der Waals surface area (Å²) >= 11 is 1.26. The highest BCUT2D eigenvalue weighted by Crippen LogP contribution is 2.22. The molecule has 0 radical (unpaired) electrons. The summed E-state index contributed by atoms with van der Waals surface area (Å²) in [5, 5.41) is 7.07. The molecule has 0 saturated heterocycles. The molecule has 2 heterocycles. The molecule has 0 atom stereocenters. The standard InChI is InChI=1S/C22H16F2N4O2S/c1-13-2-3-14(11-18(13)24)10-17-12-25-22(31-17)26-21(30)19-8-9-20(29)28(27-19)16-6-4-15(23)5-7-16/h2-9,11-12H,10H2,1H3,(H,25,26,30). The van der Waals surface area contributed by atoms with Gasteiger partial charge in [-0.2, -0.15) is 9.78 Å². The number of carbonyl (C=O) groups excluding carboxylic acids is 1. The van der Waals surface area contributed by atoms with E-state index in [1.165, 1.54) is 53.8 Å². The number of rotatable bonds is 5. The number of halogens is 2. The van der Waals surface area contributed by atoms with Gasteiger partial charge in [-0.25, -0.2) is 13.8 Å². The molecule has 31 heavy (non-hydrogen) atoms. The Hall–Kier alpha value is -3.72. The van der Waals surface area contributed by atoms with E-state index in [4.69, 9.17) is 0 Å². The predicted molar refractivity (Wildman–Crippen MR) is 114 cm³/mol. The van der Waals surface area contributed by atoms with Crippen molar-refractivity contribution in [2.75, 3.05) is 5.32 Å². The van der Waals surface area contributed by atoms with E-state index in [9.17, 15) is 18.4 Å². The molecule has 0 bridgehead atoms. The highest BCUT2D eigenvalue weighted by atomic mass is 32.1. The number of aromatic nitrogens is 3. The first-order valence-corrected chi connectivity index (χ1v) is 10.1. The van der Waals surface area contributed by atoms with Crippen molar-refractivity contribution in [2.45, 2.75) is 13.3 Å². The van der Waals surface area contributed by atoms with E-state index in [1.807, 2.05) is 6.07 Å². The van der Waals surface area contributed by atoms with Crippen LogP contribution in [0.5, 0.6) is 0 Å². The molecular weight excluding hydrogens is 422 g/mol. The fourth-order valence-electron chi connectivity index (χ4n) is 2.86. The number of anilines is 1. The van der Waals surface area contributed by atoms with Gasteiger partial charge < -0.3 is 0 Å². The second kappa shape index (κ2) is 8.57. The maximum absolute atomic E-state index is 13.7. The summed E-state index contributed by atoms with van der Waals surface area (Å²) in [5.74, 6) is -1.25. The average Bonchev–Trinajstić information content (AvgIpc) is 3.18. The maximum Gasteiger partial charge on any atom is 0.277 e. The van der Waals surface area contributed by atoms with Crippen molar-refractivity contribution in [3.63, 3.8) is 0 Å². The SMILES string of the molecule is Cc1ccc(Cc2cnc(NC(=O)c3ccc(=O)n(-c4ccc(F)cc4)n3)s2)cc1F. The van der Waals surface area contributed by atoms with E-state index in [-0.39, 0.29) is 11.5 Å². The number of benzene rings is 2. The van der Waals surface area contributed by atoms with E-state index in [2.05, 4.69) is 15.4 Å². The molecule has 6 nitrogen and oxygen atoms in total. The van der Waals surface area contributed by atoms with Crippen LogP contribution in [0.3, 0.4) is 0 Å². The smallest absolute Gasteiger partial charge is 0.277 e. The van der Waals surface area contributed by atoms with Crippen LogP contribution >= 0.6 is 11.3 Å². The highest BCUT2D eigenvalue weighted by Gasteiger charge is 2.13. The molecule has 0 aliphatic heterocycles. The van der Waals surface area contributed by atoms with Gasteiger partial charge in [-0.1, -0.05) is 12.1 Å². The van der Waals surface area contributed by atoms with Crippen molar-refractivity contribution < 1.29 is 13.6 Å². The van der Waals surface area contributed by atoms with Crippen LogP contribution < -0.4 is 10.9 Å². The molecule has 0 aliphatic carbocycles. The molecule has 4 rings (SSSR count). The van der Waals surface area contributed by atoms with Crippen LogP contribution in [0.4, 0.5) is 13.9 Å². The first kappa shape index (κ1) is 20.5. The molecule has 2 aromatic heterocycles. The van der Waals surface area contributed by atoms with E-state index in [1.54, 1.807) is 19.2 Å². The average molecular weight is 438 g/mol. The number of thiazole rings is 1. The molecule has 0 aliphatic rings. The topological polar surface area (TPSA) is 76.9 Å². The zero-order valence-corrected chi connectivity index (χ0v) is 17.1. The van der Waals surface area contributed by atoms with Gasteiger partial charge in [0.2, 0.25) is 0 Å². The summed E-state index contributed by atoms with van der Waals surface area (Å²) in [4.78, 5) is 29.7. The van der Waals surface area contributed by atoms with Crippen LogP contribution in [0.1, 0.15) is 26.5 Å². The van der Waals surface area contributed by atoms with Crippen LogP contribution in [0.15, 0.2) is 65.6 Å². The monoisotopic (exact) mass is 438 g/mol. The third-order valence-corrected chi connectivity index (χ3v) is 5.41. The van der Waals surface area contributed by atoms with Crippen molar-refractivity contribution in [3.8, 4) is 5.69 Å². The van der Waals surface area contributed by atoms with Crippen molar-refractivity contribution in [2.24, 2.45) is 0 Å².